The monoisotopic (exact) mass is 454 g/mol. The van der Waals surface area contributed by atoms with Gasteiger partial charge in [-0.15, -0.1) is 0 Å². The Bertz CT molecular complexity index is 757. The molecule has 0 amide bonds. The molecule has 0 radical (unpaired) electrons. The summed E-state index contributed by atoms with van der Waals surface area (Å²) in [4.78, 5) is 11.4. The summed E-state index contributed by atoms with van der Waals surface area (Å²) >= 11 is 0. The molecule has 0 bridgehead atoms. The lowest BCUT2D eigenvalue weighted by Gasteiger charge is -2.44. The van der Waals surface area contributed by atoms with Crippen molar-refractivity contribution < 1.29 is 9.53 Å². The van der Waals surface area contributed by atoms with E-state index in [4.69, 9.17) is 4.74 Å². The number of rotatable bonds is 8. The maximum atomic E-state index is 11.4. The van der Waals surface area contributed by atoms with Crippen molar-refractivity contribution in [3.63, 3.8) is 0 Å². The molecule has 3 aliphatic rings. The highest BCUT2D eigenvalue weighted by atomic mass is 16.5. The van der Waals surface area contributed by atoms with Crippen molar-refractivity contribution in [2.24, 2.45) is 35.0 Å². The molecule has 186 valence electrons. The first kappa shape index (κ1) is 26.3. The van der Waals surface area contributed by atoms with Crippen molar-refractivity contribution in [3.8, 4) is 0 Å². The van der Waals surface area contributed by atoms with Crippen LogP contribution in [-0.2, 0) is 9.53 Å². The number of fused-ring (bicyclic) bond motifs is 1. The van der Waals surface area contributed by atoms with Gasteiger partial charge in [-0.2, -0.15) is 0 Å². The van der Waals surface area contributed by atoms with Crippen molar-refractivity contribution in [2.75, 3.05) is 0 Å². The van der Waals surface area contributed by atoms with Crippen LogP contribution in [0.3, 0.4) is 0 Å². The molecule has 3 aliphatic carbocycles. The normalized spacial score (nSPS) is 34.5. The van der Waals surface area contributed by atoms with Gasteiger partial charge in [-0.05, 0) is 91.9 Å². The van der Waals surface area contributed by atoms with E-state index in [0.29, 0.717) is 5.41 Å². The van der Waals surface area contributed by atoms with Crippen LogP contribution in [0.5, 0.6) is 0 Å². The van der Waals surface area contributed by atoms with Crippen molar-refractivity contribution in [3.05, 3.63) is 35.5 Å². The van der Waals surface area contributed by atoms with Gasteiger partial charge in [0.05, 0.1) is 0 Å². The lowest BCUT2D eigenvalue weighted by molar-refractivity contribution is -0.146. The number of carbonyl (C=O) groups excluding carboxylic acids is 1. The van der Waals surface area contributed by atoms with E-state index in [1.165, 1.54) is 69.4 Å². The molecular weight excluding hydrogens is 404 g/mol. The van der Waals surface area contributed by atoms with Crippen LogP contribution in [0.1, 0.15) is 112 Å². The highest BCUT2D eigenvalue weighted by Crippen LogP contribution is 2.60. The third-order valence-electron chi connectivity index (χ3n) is 9.69. The van der Waals surface area contributed by atoms with Crippen LogP contribution in [0.25, 0.3) is 0 Å². The summed E-state index contributed by atoms with van der Waals surface area (Å²) < 4.78 is 5.51. The summed E-state index contributed by atoms with van der Waals surface area (Å²) in [5, 5.41) is 0. The molecule has 0 aliphatic heterocycles. The Balaban J connectivity index is 1.69. The largest absolute Gasteiger partial charge is 0.462 e. The van der Waals surface area contributed by atoms with Gasteiger partial charge in [-0.1, -0.05) is 77.3 Å². The van der Waals surface area contributed by atoms with Gasteiger partial charge in [0.25, 0.3) is 0 Å². The van der Waals surface area contributed by atoms with E-state index in [1.807, 2.05) is 0 Å². The summed E-state index contributed by atoms with van der Waals surface area (Å²) in [6, 6.07) is 0. The summed E-state index contributed by atoms with van der Waals surface area (Å²) in [6.45, 7) is 18.1. The second-order valence-corrected chi connectivity index (χ2v) is 12.1. The Kier molecular flexibility index (Phi) is 9.09. The fourth-order valence-electron chi connectivity index (χ4n) is 7.62. The summed E-state index contributed by atoms with van der Waals surface area (Å²) in [7, 11) is 0. The van der Waals surface area contributed by atoms with E-state index >= 15 is 0 Å². The fourth-order valence-corrected chi connectivity index (χ4v) is 7.62. The van der Waals surface area contributed by atoms with Gasteiger partial charge in [-0.3, -0.25) is 4.79 Å². The summed E-state index contributed by atoms with van der Waals surface area (Å²) in [5.74, 6) is 3.95. The lowest BCUT2D eigenvalue weighted by atomic mass is 9.60. The van der Waals surface area contributed by atoms with Gasteiger partial charge < -0.3 is 4.74 Å². The van der Waals surface area contributed by atoms with Crippen LogP contribution >= 0.6 is 0 Å². The van der Waals surface area contributed by atoms with E-state index < -0.39 is 0 Å². The third kappa shape index (κ3) is 6.23. The minimum Gasteiger partial charge on any atom is -0.462 e. The standard InChI is InChI=1S/C31H50O2/c1-8-25(21(2)3)13-11-23(5)29-17-18-30-26(10-9-19-31(29,30)7)14-15-27-20-28(33-24(6)32)16-12-22(27)4/h14-15,21,23,25,28-30H,4,8-13,16-20H2,1-3,5-7H3/b26-14+,27-15-/t23-,25-,28+,29-,30+,31-/m1/s1. The van der Waals surface area contributed by atoms with Gasteiger partial charge in [0.1, 0.15) is 6.10 Å². The predicted octanol–water partition coefficient (Wildman–Crippen LogP) is 8.83. The Hall–Kier alpha value is -1.31. The number of esters is 1. The van der Waals surface area contributed by atoms with Crippen LogP contribution in [-0.4, -0.2) is 12.1 Å². The zero-order valence-corrected chi connectivity index (χ0v) is 22.4. The number of hydrogen-bond donors (Lipinski definition) is 0. The quantitative estimate of drug-likeness (QED) is 0.342. The molecule has 2 nitrogen and oxygen atoms in total. The maximum absolute atomic E-state index is 11.4. The zero-order valence-electron chi connectivity index (χ0n) is 22.4. The van der Waals surface area contributed by atoms with E-state index in [-0.39, 0.29) is 12.1 Å². The van der Waals surface area contributed by atoms with Crippen LogP contribution in [0.4, 0.5) is 0 Å². The highest BCUT2D eigenvalue weighted by Gasteiger charge is 2.50. The van der Waals surface area contributed by atoms with Gasteiger partial charge in [0.15, 0.2) is 0 Å². The smallest absolute Gasteiger partial charge is 0.302 e. The minimum absolute atomic E-state index is 0.0174. The van der Waals surface area contributed by atoms with E-state index in [2.05, 4.69) is 53.3 Å². The molecule has 0 aromatic heterocycles. The first-order valence-corrected chi connectivity index (χ1v) is 13.9. The first-order chi connectivity index (χ1) is 15.7. The predicted molar refractivity (Wildman–Crippen MR) is 140 cm³/mol. The fraction of sp³-hybridized carbons (Fsp3) is 0.774. The van der Waals surface area contributed by atoms with Crippen LogP contribution < -0.4 is 0 Å². The maximum Gasteiger partial charge on any atom is 0.302 e. The average molecular weight is 455 g/mol. The van der Waals surface area contributed by atoms with Gasteiger partial charge in [0.2, 0.25) is 0 Å². The van der Waals surface area contributed by atoms with Crippen molar-refractivity contribution in [1.82, 2.24) is 0 Å². The SMILES string of the molecule is C=C1CC[C@H](OC(C)=O)C/C1=C/C=C1\CCC[C@]2(C)[C@@H]([C@H](C)CC[C@@H](CC)C(C)C)CC[C@@H]12. The molecule has 0 aromatic rings. The summed E-state index contributed by atoms with van der Waals surface area (Å²) in [6.07, 6.45) is 18.3. The van der Waals surface area contributed by atoms with Crippen LogP contribution in [0, 0.1) is 35.0 Å². The molecule has 33 heavy (non-hydrogen) atoms. The molecule has 2 heteroatoms. The number of ether oxygens (including phenoxy) is 1. The van der Waals surface area contributed by atoms with Gasteiger partial charge in [0, 0.05) is 13.3 Å². The van der Waals surface area contributed by atoms with Gasteiger partial charge >= 0.3 is 5.97 Å². The lowest BCUT2D eigenvalue weighted by Crippen LogP contribution is -2.36. The van der Waals surface area contributed by atoms with Crippen LogP contribution in [0.15, 0.2) is 35.5 Å². The second kappa shape index (κ2) is 11.4. The zero-order chi connectivity index (χ0) is 24.2. The highest BCUT2D eigenvalue weighted by molar-refractivity contribution is 5.66. The molecule has 3 fully saturated rings. The Morgan fingerprint density at radius 3 is 2.58 bits per heavy atom. The van der Waals surface area contributed by atoms with Crippen molar-refractivity contribution in [1.29, 1.82) is 0 Å². The molecule has 3 rings (SSSR count). The van der Waals surface area contributed by atoms with Crippen molar-refractivity contribution in [2.45, 2.75) is 118 Å². The molecule has 0 unspecified atom stereocenters. The number of allylic oxidation sites excluding steroid dienone is 4. The number of carbonyl (C=O) groups is 1. The molecule has 0 heterocycles. The van der Waals surface area contributed by atoms with Crippen LogP contribution in [0.2, 0.25) is 0 Å². The second-order valence-electron chi connectivity index (χ2n) is 12.1. The van der Waals surface area contributed by atoms with E-state index in [0.717, 1.165) is 48.9 Å². The van der Waals surface area contributed by atoms with Crippen molar-refractivity contribution >= 4 is 5.97 Å². The summed E-state index contributed by atoms with van der Waals surface area (Å²) in [5.41, 5.74) is 4.64. The Labute approximate surface area is 204 Å². The molecular formula is C31H50O2. The Morgan fingerprint density at radius 2 is 1.91 bits per heavy atom. The molecule has 3 saturated carbocycles. The van der Waals surface area contributed by atoms with Gasteiger partial charge in [-0.25, -0.2) is 0 Å². The molecule has 0 N–H and O–H groups in total. The molecule has 0 aromatic carbocycles. The topological polar surface area (TPSA) is 26.3 Å². The third-order valence-corrected chi connectivity index (χ3v) is 9.69. The van der Waals surface area contributed by atoms with E-state index in [1.54, 1.807) is 5.57 Å². The molecule has 6 atom stereocenters. The first-order valence-electron chi connectivity index (χ1n) is 13.9. The molecule has 0 spiro atoms. The average Bonchev–Trinajstić information content (AvgIpc) is 3.11. The Morgan fingerprint density at radius 1 is 1.15 bits per heavy atom. The molecule has 0 saturated heterocycles. The minimum atomic E-state index is -0.168. The van der Waals surface area contributed by atoms with E-state index in [9.17, 15) is 4.79 Å². The number of hydrogen-bond acceptors (Lipinski definition) is 2.